The molecule has 1 fully saturated rings. The molecule has 270 valence electrons. The minimum atomic E-state index is -4.18. The Bertz CT molecular complexity index is 2010. The highest BCUT2D eigenvalue weighted by Crippen LogP contribution is 2.58. The number of ether oxygens (including phenoxy) is 6. The molecule has 0 amide bonds. The largest absolute Gasteiger partial charge is 0.493 e. The third-order valence-electron chi connectivity index (χ3n) is 10.6. The lowest BCUT2D eigenvalue weighted by Crippen LogP contribution is -2.68. The van der Waals surface area contributed by atoms with Crippen LogP contribution in [-0.4, -0.2) is 84.4 Å². The van der Waals surface area contributed by atoms with Gasteiger partial charge >= 0.3 is 0 Å². The summed E-state index contributed by atoms with van der Waals surface area (Å²) in [6.07, 6.45) is 2.68. The summed E-state index contributed by atoms with van der Waals surface area (Å²) in [4.78, 5) is 4.43. The van der Waals surface area contributed by atoms with Gasteiger partial charge in [0, 0.05) is 41.4 Å². The molecule has 3 aromatic carbocycles. The highest BCUT2D eigenvalue weighted by Gasteiger charge is 2.57. The number of rotatable bonds is 11. The average Bonchev–Trinajstić information content (AvgIpc) is 3.60. The molecular weight excluding hydrogens is 674 g/mol. The van der Waals surface area contributed by atoms with Gasteiger partial charge in [-0.2, -0.15) is 13.7 Å². The predicted octanol–water partition coefficient (Wildman–Crippen LogP) is 5.07. The number of fused-ring (bicyclic) bond motifs is 9. The standard InChI is InChI=1S/C38H43N3O9S/c1-8-13-46-35-23(4)36-38(49-20-48-36)32-26(35)16-28-33-31-24(14-22(3)34(45-7)37(31)47-19-44-6)15-27(40(33)5)29(17-39)41(28)30(32)18-50-51(42,43)25-11-9-21(2)10-12-25/h8-12,14,27-30,33H,1,13,15-16,18-20H2,2-7H3/t27?,28-,29-,30-,33-/m0/s1. The van der Waals surface area contributed by atoms with Crippen LogP contribution in [0, 0.1) is 32.1 Å². The molecule has 5 atom stereocenters. The Hall–Kier alpha value is -4.32. The zero-order valence-electron chi connectivity index (χ0n) is 29.7. The molecule has 0 aromatic heterocycles. The second kappa shape index (κ2) is 13.7. The van der Waals surface area contributed by atoms with Gasteiger partial charge in [0.25, 0.3) is 10.1 Å². The van der Waals surface area contributed by atoms with Gasteiger partial charge in [-0.05, 0) is 63.9 Å². The average molecular weight is 718 g/mol. The Morgan fingerprint density at radius 2 is 1.75 bits per heavy atom. The maximum Gasteiger partial charge on any atom is 0.297 e. The molecule has 0 aliphatic carbocycles. The van der Waals surface area contributed by atoms with E-state index in [1.54, 1.807) is 32.4 Å². The van der Waals surface area contributed by atoms with Crippen LogP contribution in [0.15, 0.2) is 47.9 Å². The third-order valence-corrected chi connectivity index (χ3v) is 11.9. The van der Waals surface area contributed by atoms with Crippen molar-refractivity contribution in [3.8, 4) is 34.8 Å². The van der Waals surface area contributed by atoms with E-state index in [9.17, 15) is 13.7 Å². The van der Waals surface area contributed by atoms with E-state index in [-0.39, 0.29) is 49.8 Å². The highest BCUT2D eigenvalue weighted by molar-refractivity contribution is 7.86. The second-order valence-corrected chi connectivity index (χ2v) is 15.0. The normalized spacial score (nSPS) is 23.4. The number of benzene rings is 3. The summed E-state index contributed by atoms with van der Waals surface area (Å²) in [6, 6.07) is 9.00. The summed E-state index contributed by atoms with van der Waals surface area (Å²) >= 11 is 0. The number of nitriles is 1. The number of likely N-dealkylation sites (N-methyl/N-ethyl adjacent to an activating group) is 1. The first kappa shape index (κ1) is 35.1. The molecule has 0 radical (unpaired) electrons. The van der Waals surface area contributed by atoms with E-state index >= 15 is 0 Å². The SMILES string of the molecule is C=CCOc1c(C)c2c(c3c1C[C@H]1[C@H]4c5c(cc(C)c(OC)c5OCOC)CC([C@H](C#N)N1[C@H]3COS(=O)(=O)c1ccc(C)cc1)N4C)OCO2. The smallest absolute Gasteiger partial charge is 0.297 e. The van der Waals surface area contributed by atoms with E-state index in [4.69, 9.17) is 32.6 Å². The first-order chi connectivity index (χ1) is 24.6. The number of piperazine rings is 1. The van der Waals surface area contributed by atoms with Gasteiger partial charge in [-0.15, -0.1) is 0 Å². The van der Waals surface area contributed by atoms with Crippen LogP contribution < -0.4 is 23.7 Å². The molecule has 1 saturated heterocycles. The van der Waals surface area contributed by atoms with Crippen molar-refractivity contribution in [2.45, 2.75) is 68.7 Å². The second-order valence-electron chi connectivity index (χ2n) is 13.4. The number of nitrogens with zero attached hydrogens (tertiary/aromatic N) is 3. The Morgan fingerprint density at radius 1 is 1.00 bits per heavy atom. The Labute approximate surface area is 299 Å². The van der Waals surface area contributed by atoms with Gasteiger partial charge < -0.3 is 28.4 Å². The molecule has 51 heavy (non-hydrogen) atoms. The molecule has 4 heterocycles. The lowest BCUT2D eigenvalue weighted by atomic mass is 9.71. The summed E-state index contributed by atoms with van der Waals surface area (Å²) in [7, 11) is 1.05. The molecule has 1 unspecified atom stereocenters. The topological polar surface area (TPSA) is 129 Å². The van der Waals surface area contributed by atoms with Gasteiger partial charge in [-0.1, -0.05) is 36.4 Å². The summed E-state index contributed by atoms with van der Waals surface area (Å²) in [5.41, 5.74) is 6.17. The van der Waals surface area contributed by atoms with E-state index in [1.165, 1.54) is 12.1 Å². The highest BCUT2D eigenvalue weighted by atomic mass is 32.2. The predicted molar refractivity (Wildman–Crippen MR) is 187 cm³/mol. The number of methoxy groups -OCH3 is 2. The van der Waals surface area contributed by atoms with Crippen molar-refractivity contribution < 1.29 is 41.0 Å². The van der Waals surface area contributed by atoms with Crippen molar-refractivity contribution in [3.63, 3.8) is 0 Å². The lowest BCUT2D eigenvalue weighted by molar-refractivity contribution is -0.0809. The fourth-order valence-corrected chi connectivity index (χ4v) is 9.41. The van der Waals surface area contributed by atoms with Gasteiger partial charge in [0.05, 0.1) is 36.8 Å². The minimum Gasteiger partial charge on any atom is -0.493 e. The van der Waals surface area contributed by atoms with Crippen molar-refractivity contribution in [3.05, 3.63) is 81.9 Å². The molecule has 7 rings (SSSR count). The summed E-state index contributed by atoms with van der Waals surface area (Å²) in [6.45, 7) is 9.62. The molecule has 0 spiro atoms. The number of hydrogen-bond acceptors (Lipinski definition) is 12. The van der Waals surface area contributed by atoms with Crippen molar-refractivity contribution in [2.24, 2.45) is 0 Å². The first-order valence-electron chi connectivity index (χ1n) is 16.9. The van der Waals surface area contributed by atoms with Gasteiger partial charge in [-0.25, -0.2) is 0 Å². The van der Waals surface area contributed by atoms with Crippen LogP contribution in [0.3, 0.4) is 0 Å². The number of aryl methyl sites for hydroxylation is 2. The van der Waals surface area contributed by atoms with Gasteiger partial charge in [0.1, 0.15) is 18.4 Å². The van der Waals surface area contributed by atoms with Crippen molar-refractivity contribution in [1.29, 1.82) is 5.26 Å². The van der Waals surface area contributed by atoms with Crippen LogP contribution >= 0.6 is 0 Å². The van der Waals surface area contributed by atoms with E-state index in [0.29, 0.717) is 47.2 Å². The number of hydrogen-bond donors (Lipinski definition) is 0. The van der Waals surface area contributed by atoms with Crippen LogP contribution in [0.1, 0.15) is 51.0 Å². The molecule has 2 bridgehead atoms. The maximum atomic E-state index is 13.7. The van der Waals surface area contributed by atoms with Gasteiger partial charge in [0.2, 0.25) is 6.79 Å². The fraction of sp³-hybridized carbons (Fsp3) is 0.447. The van der Waals surface area contributed by atoms with Crippen molar-refractivity contribution in [2.75, 3.05) is 48.1 Å². The van der Waals surface area contributed by atoms with Crippen molar-refractivity contribution >= 4 is 10.1 Å². The summed E-state index contributed by atoms with van der Waals surface area (Å²) in [5.74, 6) is 2.86. The molecule has 0 saturated carbocycles. The third kappa shape index (κ3) is 5.70. The lowest BCUT2D eigenvalue weighted by Gasteiger charge is -2.60. The summed E-state index contributed by atoms with van der Waals surface area (Å²) in [5, 5.41) is 11.0. The van der Waals surface area contributed by atoms with Gasteiger partial charge in [0.15, 0.2) is 29.8 Å². The molecule has 4 aliphatic heterocycles. The van der Waals surface area contributed by atoms with Crippen LogP contribution in [0.4, 0.5) is 0 Å². The molecular formula is C38H43N3O9S. The molecule has 3 aromatic rings. The Kier molecular flexibility index (Phi) is 9.41. The maximum absolute atomic E-state index is 13.7. The summed E-state index contributed by atoms with van der Waals surface area (Å²) < 4.78 is 69.5. The fourth-order valence-electron chi connectivity index (χ4n) is 8.49. The van der Waals surface area contributed by atoms with Crippen LogP contribution in [-0.2, 0) is 31.9 Å². The molecule has 12 nitrogen and oxygen atoms in total. The van der Waals surface area contributed by atoms with Crippen LogP contribution in [0.2, 0.25) is 0 Å². The van der Waals surface area contributed by atoms with E-state index < -0.39 is 22.2 Å². The zero-order valence-corrected chi connectivity index (χ0v) is 30.5. The minimum absolute atomic E-state index is 0.00538. The van der Waals surface area contributed by atoms with E-state index in [1.807, 2.05) is 27.8 Å². The van der Waals surface area contributed by atoms with Crippen LogP contribution in [0.25, 0.3) is 0 Å². The molecule has 13 heteroatoms. The van der Waals surface area contributed by atoms with E-state index in [0.717, 1.165) is 33.4 Å². The van der Waals surface area contributed by atoms with Gasteiger partial charge in [-0.3, -0.25) is 14.0 Å². The molecule has 4 aliphatic rings. The first-order valence-corrected chi connectivity index (χ1v) is 18.3. The Balaban J connectivity index is 1.45. The molecule has 0 N–H and O–H groups in total. The monoisotopic (exact) mass is 717 g/mol. The quantitative estimate of drug-likeness (QED) is 0.149. The zero-order chi connectivity index (χ0) is 36.2. The van der Waals surface area contributed by atoms with E-state index in [2.05, 4.69) is 28.5 Å². The van der Waals surface area contributed by atoms with Crippen molar-refractivity contribution in [1.82, 2.24) is 9.80 Å². The Morgan fingerprint density at radius 3 is 2.43 bits per heavy atom. The van der Waals surface area contributed by atoms with Crippen LogP contribution in [0.5, 0.6) is 28.7 Å².